The maximum atomic E-state index is 7.02. The zero-order valence-corrected chi connectivity index (χ0v) is 21.8. The molecule has 0 saturated heterocycles. The fourth-order valence-electron chi connectivity index (χ4n) is 5.00. The first-order chi connectivity index (χ1) is 17.6. The number of hydrogen-bond donors (Lipinski definition) is 0. The molecule has 0 spiro atoms. The minimum Gasteiger partial charge on any atom is -0.454 e. The van der Waals surface area contributed by atoms with Gasteiger partial charge in [0.15, 0.2) is 11.5 Å². The lowest BCUT2D eigenvalue weighted by molar-refractivity contribution is 0.0814. The van der Waals surface area contributed by atoms with E-state index in [2.05, 4.69) is 63.8 Å². The third-order valence-electron chi connectivity index (χ3n) is 6.76. The second-order valence-corrected chi connectivity index (χ2v) is 9.81. The molecule has 0 saturated carbocycles. The summed E-state index contributed by atoms with van der Waals surface area (Å²) in [6.07, 6.45) is 8.42. The summed E-state index contributed by atoms with van der Waals surface area (Å²) in [5.74, 6) is 1.53. The molecular weight excluding hydrogens is 493 g/mol. The molecular formula is C29H29Cl2N3O2. The van der Waals surface area contributed by atoms with Crippen molar-refractivity contribution in [3.8, 4) is 11.5 Å². The van der Waals surface area contributed by atoms with Gasteiger partial charge in [-0.25, -0.2) is 4.98 Å². The molecule has 0 amide bonds. The van der Waals surface area contributed by atoms with Gasteiger partial charge in [0.05, 0.1) is 28.6 Å². The fraction of sp³-hybridized carbons (Fsp3) is 0.276. The van der Waals surface area contributed by atoms with E-state index in [0.717, 1.165) is 47.6 Å². The maximum absolute atomic E-state index is 7.02. The summed E-state index contributed by atoms with van der Waals surface area (Å²) in [7, 11) is 0. The van der Waals surface area contributed by atoms with Crippen LogP contribution in [0.25, 0.3) is 0 Å². The van der Waals surface area contributed by atoms with Gasteiger partial charge in [0.25, 0.3) is 0 Å². The van der Waals surface area contributed by atoms with Crippen LogP contribution in [0.1, 0.15) is 36.5 Å². The number of benzene rings is 3. The van der Waals surface area contributed by atoms with Crippen molar-refractivity contribution in [3.05, 3.63) is 112 Å². The molecule has 5 rings (SSSR count). The predicted molar refractivity (Wildman–Crippen MR) is 144 cm³/mol. The molecule has 1 aromatic heterocycles. The zero-order chi connectivity index (χ0) is 25.0. The van der Waals surface area contributed by atoms with Crippen molar-refractivity contribution in [2.24, 2.45) is 0 Å². The van der Waals surface area contributed by atoms with Crippen molar-refractivity contribution in [2.45, 2.75) is 38.4 Å². The van der Waals surface area contributed by atoms with Crippen LogP contribution in [0, 0.1) is 0 Å². The smallest absolute Gasteiger partial charge is 0.231 e. The van der Waals surface area contributed by atoms with Crippen molar-refractivity contribution in [1.29, 1.82) is 0 Å². The number of halogens is 2. The second kappa shape index (κ2) is 11.0. The van der Waals surface area contributed by atoms with E-state index in [9.17, 15) is 0 Å². The molecule has 3 aromatic carbocycles. The first kappa shape index (κ1) is 24.7. The second-order valence-electron chi connectivity index (χ2n) is 9.03. The van der Waals surface area contributed by atoms with Gasteiger partial charge in [-0.15, -0.1) is 0 Å². The molecule has 1 aliphatic rings. The van der Waals surface area contributed by atoms with Gasteiger partial charge in [-0.05, 0) is 47.7 Å². The van der Waals surface area contributed by atoms with Gasteiger partial charge in [0.2, 0.25) is 6.79 Å². The summed E-state index contributed by atoms with van der Waals surface area (Å²) in [6.45, 7) is 3.95. The Bertz CT molecular complexity index is 1300. The Morgan fingerprint density at radius 1 is 1.00 bits per heavy atom. The van der Waals surface area contributed by atoms with Crippen LogP contribution in [0.15, 0.2) is 85.5 Å². The summed E-state index contributed by atoms with van der Waals surface area (Å²) in [5.41, 5.74) is 2.61. The van der Waals surface area contributed by atoms with E-state index < -0.39 is 5.54 Å². The Morgan fingerprint density at radius 3 is 2.61 bits per heavy atom. The van der Waals surface area contributed by atoms with E-state index in [0.29, 0.717) is 23.1 Å². The van der Waals surface area contributed by atoms with Crippen LogP contribution in [0.4, 0.5) is 0 Å². The van der Waals surface area contributed by atoms with Gasteiger partial charge in [0, 0.05) is 18.9 Å². The monoisotopic (exact) mass is 521 g/mol. The first-order valence-electron chi connectivity index (χ1n) is 12.2. The quantitative estimate of drug-likeness (QED) is 0.222. The number of rotatable bonds is 10. The van der Waals surface area contributed by atoms with Crippen molar-refractivity contribution < 1.29 is 9.47 Å². The van der Waals surface area contributed by atoms with Gasteiger partial charge in [0.1, 0.15) is 0 Å². The van der Waals surface area contributed by atoms with E-state index in [1.54, 1.807) is 0 Å². The SMILES string of the molecule is CCCCN(Cn1ccnc1)C(Cc1ccc2c(c1)OCO2)(c1ccccc1)c1cccc(Cl)c1Cl. The Balaban J connectivity index is 1.74. The number of aromatic nitrogens is 2. The maximum Gasteiger partial charge on any atom is 0.231 e. The van der Waals surface area contributed by atoms with Gasteiger partial charge in [-0.1, -0.05) is 85.1 Å². The number of fused-ring (bicyclic) bond motifs is 1. The molecule has 0 bridgehead atoms. The summed E-state index contributed by atoms with van der Waals surface area (Å²) in [5, 5.41) is 1.11. The van der Waals surface area contributed by atoms with Crippen molar-refractivity contribution >= 4 is 23.2 Å². The first-order valence-corrected chi connectivity index (χ1v) is 13.0. The van der Waals surface area contributed by atoms with Crippen LogP contribution in [0.5, 0.6) is 11.5 Å². The average molecular weight is 522 g/mol. The van der Waals surface area contributed by atoms with Crippen LogP contribution in [0.3, 0.4) is 0 Å². The molecule has 2 heterocycles. The van der Waals surface area contributed by atoms with Crippen LogP contribution in [-0.4, -0.2) is 27.8 Å². The minimum absolute atomic E-state index is 0.242. The van der Waals surface area contributed by atoms with E-state index >= 15 is 0 Å². The largest absolute Gasteiger partial charge is 0.454 e. The lowest BCUT2D eigenvalue weighted by Gasteiger charge is -2.46. The molecule has 0 radical (unpaired) electrons. The Morgan fingerprint density at radius 2 is 1.83 bits per heavy atom. The highest BCUT2D eigenvalue weighted by molar-refractivity contribution is 6.42. The molecule has 4 aromatic rings. The van der Waals surface area contributed by atoms with Crippen LogP contribution < -0.4 is 9.47 Å². The van der Waals surface area contributed by atoms with Gasteiger partial charge in [-0.3, -0.25) is 4.90 Å². The molecule has 7 heteroatoms. The molecule has 0 fully saturated rings. The highest BCUT2D eigenvalue weighted by Gasteiger charge is 2.42. The number of ether oxygens (including phenoxy) is 2. The summed E-state index contributed by atoms with van der Waals surface area (Å²) in [4.78, 5) is 6.79. The molecule has 36 heavy (non-hydrogen) atoms. The predicted octanol–water partition coefficient (Wildman–Crippen LogP) is 7.16. The third-order valence-corrected chi connectivity index (χ3v) is 7.58. The summed E-state index contributed by atoms with van der Waals surface area (Å²) in [6, 6.07) is 22.7. The molecule has 5 nitrogen and oxygen atoms in total. The summed E-state index contributed by atoms with van der Waals surface area (Å²) < 4.78 is 13.4. The normalized spacial score (nSPS) is 14.2. The van der Waals surface area contributed by atoms with Crippen LogP contribution >= 0.6 is 23.2 Å². The Labute approximate surface area is 222 Å². The number of hydrogen-bond acceptors (Lipinski definition) is 4. The highest BCUT2D eigenvalue weighted by Crippen LogP contribution is 2.46. The molecule has 1 atom stereocenters. The molecule has 1 aliphatic heterocycles. The van der Waals surface area contributed by atoms with E-state index in [1.807, 2.05) is 43.0 Å². The Kier molecular flexibility index (Phi) is 7.51. The molecule has 0 aliphatic carbocycles. The fourth-order valence-corrected chi connectivity index (χ4v) is 5.46. The van der Waals surface area contributed by atoms with Crippen LogP contribution in [0.2, 0.25) is 10.0 Å². The van der Waals surface area contributed by atoms with Crippen molar-refractivity contribution in [1.82, 2.24) is 14.5 Å². The Hall–Kier alpha value is -2.99. The zero-order valence-electron chi connectivity index (χ0n) is 20.2. The number of unbranched alkanes of at least 4 members (excludes halogenated alkanes) is 1. The standard InChI is InChI=1S/C29H29Cl2N3O2/c1-2-3-15-34(20-33-16-14-32-19-33)29(23-8-5-4-6-9-23,24-10-7-11-25(30)28(24)31)18-22-12-13-26-27(17-22)36-21-35-26/h4-14,16-17,19H,2-3,15,18,20-21H2,1H3. The topological polar surface area (TPSA) is 39.5 Å². The van der Waals surface area contributed by atoms with Crippen molar-refractivity contribution in [3.63, 3.8) is 0 Å². The lowest BCUT2D eigenvalue weighted by atomic mass is 9.76. The molecule has 186 valence electrons. The molecule has 0 N–H and O–H groups in total. The van der Waals surface area contributed by atoms with E-state index in [4.69, 9.17) is 32.7 Å². The van der Waals surface area contributed by atoms with E-state index in [-0.39, 0.29) is 6.79 Å². The molecule has 1 unspecified atom stereocenters. The minimum atomic E-state index is -0.615. The number of imidazole rings is 1. The third kappa shape index (κ3) is 4.83. The van der Waals surface area contributed by atoms with Gasteiger partial charge >= 0.3 is 0 Å². The van der Waals surface area contributed by atoms with Gasteiger partial charge < -0.3 is 14.0 Å². The number of nitrogens with zero attached hydrogens (tertiary/aromatic N) is 3. The lowest BCUT2D eigenvalue weighted by Crippen LogP contribution is -2.50. The summed E-state index contributed by atoms with van der Waals surface area (Å²) >= 11 is 13.7. The van der Waals surface area contributed by atoms with Crippen LogP contribution in [-0.2, 0) is 18.6 Å². The van der Waals surface area contributed by atoms with Crippen molar-refractivity contribution in [2.75, 3.05) is 13.3 Å². The average Bonchev–Trinajstić information content (AvgIpc) is 3.59. The van der Waals surface area contributed by atoms with E-state index in [1.165, 1.54) is 0 Å². The highest BCUT2D eigenvalue weighted by atomic mass is 35.5. The van der Waals surface area contributed by atoms with Gasteiger partial charge in [-0.2, -0.15) is 0 Å².